The molecule has 182 valence electrons. The highest BCUT2D eigenvalue weighted by Crippen LogP contribution is 2.40. The zero-order valence-corrected chi connectivity index (χ0v) is 20.5. The molecule has 2 aliphatic carbocycles. The molecule has 1 saturated heterocycles. The van der Waals surface area contributed by atoms with Crippen LogP contribution in [-0.4, -0.2) is 70.3 Å². The predicted octanol–water partition coefficient (Wildman–Crippen LogP) is 4.21. The van der Waals surface area contributed by atoms with Crippen molar-refractivity contribution in [1.29, 1.82) is 0 Å². The van der Waals surface area contributed by atoms with Gasteiger partial charge in [0.05, 0.1) is 24.6 Å². The highest BCUT2D eigenvalue weighted by atomic mass is 16.5. The number of nitrogens with zero attached hydrogens (tertiary/aromatic N) is 6. The van der Waals surface area contributed by atoms with Crippen molar-refractivity contribution in [2.24, 2.45) is 0 Å². The van der Waals surface area contributed by atoms with Crippen LogP contribution in [0.1, 0.15) is 58.8 Å². The average Bonchev–Trinajstić information content (AvgIpc) is 3.33. The number of aromatic nitrogens is 3. The van der Waals surface area contributed by atoms with Crippen LogP contribution in [0.4, 0.5) is 23.3 Å². The molecule has 1 N–H and O–H groups in total. The van der Waals surface area contributed by atoms with Crippen molar-refractivity contribution < 1.29 is 4.74 Å². The molecule has 8 heteroatoms. The molecule has 4 aliphatic rings. The van der Waals surface area contributed by atoms with Crippen molar-refractivity contribution >= 4 is 23.3 Å². The van der Waals surface area contributed by atoms with E-state index >= 15 is 0 Å². The summed E-state index contributed by atoms with van der Waals surface area (Å²) in [5, 5.41) is 3.31. The monoisotopic (exact) mass is 463 g/mol. The van der Waals surface area contributed by atoms with Gasteiger partial charge >= 0.3 is 0 Å². The lowest BCUT2D eigenvalue weighted by atomic mass is 9.91. The summed E-state index contributed by atoms with van der Waals surface area (Å²) < 4.78 is 6.21. The molecule has 34 heavy (non-hydrogen) atoms. The van der Waals surface area contributed by atoms with E-state index in [0.717, 1.165) is 56.2 Å². The van der Waals surface area contributed by atoms with Crippen LogP contribution in [0.2, 0.25) is 0 Å². The van der Waals surface area contributed by atoms with E-state index in [4.69, 9.17) is 9.72 Å². The van der Waals surface area contributed by atoms with Crippen molar-refractivity contribution in [3.63, 3.8) is 0 Å². The van der Waals surface area contributed by atoms with Crippen molar-refractivity contribution in [2.75, 3.05) is 47.8 Å². The zero-order chi connectivity index (χ0) is 23.1. The molecule has 4 heterocycles. The number of anilines is 4. The predicted molar refractivity (Wildman–Crippen MR) is 135 cm³/mol. The smallest absolute Gasteiger partial charge is 0.230 e. The maximum Gasteiger partial charge on any atom is 0.230 e. The molecule has 8 nitrogen and oxygen atoms in total. The second kappa shape index (κ2) is 8.87. The van der Waals surface area contributed by atoms with Crippen LogP contribution in [0.15, 0.2) is 24.5 Å². The summed E-state index contributed by atoms with van der Waals surface area (Å²) in [5.41, 5.74) is 0.947. The van der Waals surface area contributed by atoms with Crippen LogP contribution in [0, 0.1) is 0 Å². The molecule has 6 rings (SSSR count). The van der Waals surface area contributed by atoms with E-state index in [2.05, 4.69) is 49.9 Å². The zero-order valence-electron chi connectivity index (χ0n) is 20.5. The van der Waals surface area contributed by atoms with Crippen LogP contribution < -0.4 is 19.9 Å². The van der Waals surface area contributed by atoms with Gasteiger partial charge in [-0.1, -0.05) is 19.3 Å². The fourth-order valence-corrected chi connectivity index (χ4v) is 5.89. The molecule has 3 fully saturated rings. The van der Waals surface area contributed by atoms with E-state index in [-0.39, 0.29) is 5.60 Å². The number of hydrogen-bond acceptors (Lipinski definition) is 8. The van der Waals surface area contributed by atoms with Gasteiger partial charge in [0.15, 0.2) is 11.6 Å². The summed E-state index contributed by atoms with van der Waals surface area (Å²) in [6.45, 7) is 9.60. The van der Waals surface area contributed by atoms with Crippen molar-refractivity contribution in [3.05, 3.63) is 24.5 Å². The number of rotatable bonds is 5. The average molecular weight is 464 g/mol. The molecule has 2 aliphatic heterocycles. The Kier molecular flexibility index (Phi) is 5.71. The number of hydrogen-bond donors (Lipinski definition) is 1. The van der Waals surface area contributed by atoms with Crippen molar-refractivity contribution in [1.82, 2.24) is 19.9 Å². The van der Waals surface area contributed by atoms with E-state index in [1.165, 1.54) is 50.6 Å². The molecule has 2 aromatic rings. The summed E-state index contributed by atoms with van der Waals surface area (Å²) in [6, 6.07) is 5.56. The van der Waals surface area contributed by atoms with E-state index in [0.29, 0.717) is 12.0 Å². The molecule has 0 radical (unpaired) electrons. The van der Waals surface area contributed by atoms with E-state index in [1.54, 1.807) is 0 Å². The van der Waals surface area contributed by atoms with Crippen molar-refractivity contribution in [3.8, 4) is 5.75 Å². The van der Waals surface area contributed by atoms with Crippen LogP contribution in [0.3, 0.4) is 0 Å². The van der Waals surface area contributed by atoms with Crippen LogP contribution in [0.25, 0.3) is 0 Å². The Morgan fingerprint density at radius 3 is 2.35 bits per heavy atom. The standard InChI is InChI=1S/C26H37N7O/c1-26(2)18-33(20-6-3-4-7-20)24-22(34-26)17-28-25(30-24)29-23-11-10-21(16-27-23)32-14-12-31(13-15-32)19-8-5-9-19/h10-11,16-17,19-20H,3-9,12-15,18H2,1-2H3,(H,27,28,29,30). The van der Waals surface area contributed by atoms with E-state index < -0.39 is 0 Å². The Balaban J connectivity index is 1.13. The number of nitrogens with one attached hydrogen (secondary N) is 1. The Bertz CT molecular complexity index is 993. The third-order valence-electron chi connectivity index (χ3n) is 7.97. The first-order chi connectivity index (χ1) is 16.5. The maximum absolute atomic E-state index is 6.21. The summed E-state index contributed by atoms with van der Waals surface area (Å²) in [6.07, 6.45) is 13.0. The quantitative estimate of drug-likeness (QED) is 0.707. The molecule has 0 spiro atoms. The van der Waals surface area contributed by atoms with Gasteiger partial charge in [0.1, 0.15) is 11.4 Å². The lowest BCUT2D eigenvalue weighted by Crippen LogP contribution is -2.52. The summed E-state index contributed by atoms with van der Waals surface area (Å²) in [4.78, 5) is 21.6. The van der Waals surface area contributed by atoms with Gasteiger partial charge in [-0.2, -0.15) is 4.98 Å². The molecule has 0 amide bonds. The van der Waals surface area contributed by atoms with Gasteiger partial charge in [0, 0.05) is 38.3 Å². The highest BCUT2D eigenvalue weighted by molar-refractivity contribution is 5.60. The number of ether oxygens (including phenoxy) is 1. The van der Waals surface area contributed by atoms with Gasteiger partial charge in [-0.3, -0.25) is 4.90 Å². The molecule has 2 aromatic heterocycles. The van der Waals surface area contributed by atoms with Crippen LogP contribution in [0.5, 0.6) is 5.75 Å². The Morgan fingerprint density at radius 1 is 0.912 bits per heavy atom. The fraction of sp³-hybridized carbons (Fsp3) is 0.654. The largest absolute Gasteiger partial charge is 0.480 e. The normalized spacial score (nSPS) is 23.4. The van der Waals surface area contributed by atoms with Gasteiger partial charge in [-0.15, -0.1) is 0 Å². The van der Waals surface area contributed by atoms with Gasteiger partial charge in [0.2, 0.25) is 5.95 Å². The van der Waals surface area contributed by atoms with Gasteiger partial charge in [-0.05, 0) is 51.7 Å². The van der Waals surface area contributed by atoms with Gasteiger partial charge in [0.25, 0.3) is 0 Å². The van der Waals surface area contributed by atoms with Gasteiger partial charge < -0.3 is 19.9 Å². The van der Waals surface area contributed by atoms with Crippen LogP contribution >= 0.6 is 0 Å². The second-order valence-corrected chi connectivity index (χ2v) is 10.9. The summed E-state index contributed by atoms with van der Waals surface area (Å²) in [7, 11) is 0. The van der Waals surface area contributed by atoms with Crippen LogP contribution in [-0.2, 0) is 0 Å². The molecule has 2 saturated carbocycles. The van der Waals surface area contributed by atoms with E-state index in [9.17, 15) is 0 Å². The lowest BCUT2D eigenvalue weighted by Gasteiger charge is -2.43. The third-order valence-corrected chi connectivity index (χ3v) is 7.97. The van der Waals surface area contributed by atoms with Crippen molar-refractivity contribution in [2.45, 2.75) is 76.5 Å². The SMILES string of the molecule is CC1(C)CN(C2CCCC2)c2nc(Nc3ccc(N4CCN(C5CCC5)CC4)cn3)ncc2O1. The first-order valence-corrected chi connectivity index (χ1v) is 13.1. The first-order valence-electron chi connectivity index (χ1n) is 13.1. The number of piperazine rings is 1. The van der Waals surface area contributed by atoms with Gasteiger partial charge in [-0.25, -0.2) is 9.97 Å². The first kappa shape index (κ1) is 21.9. The van der Waals surface area contributed by atoms with E-state index in [1.807, 2.05) is 18.5 Å². The highest BCUT2D eigenvalue weighted by Gasteiger charge is 2.37. The topological polar surface area (TPSA) is 69.7 Å². The minimum Gasteiger partial charge on any atom is -0.480 e. The summed E-state index contributed by atoms with van der Waals surface area (Å²) >= 11 is 0. The Morgan fingerprint density at radius 2 is 1.68 bits per heavy atom. The molecular formula is C26H37N7O. The molecular weight excluding hydrogens is 426 g/mol. The third kappa shape index (κ3) is 4.40. The Hall–Kier alpha value is -2.61. The molecule has 0 aromatic carbocycles. The minimum absolute atomic E-state index is 0.241. The minimum atomic E-state index is -0.241. The maximum atomic E-state index is 6.21. The fourth-order valence-electron chi connectivity index (χ4n) is 5.89. The molecule has 0 unspecified atom stereocenters. The second-order valence-electron chi connectivity index (χ2n) is 10.9. The molecule has 0 bridgehead atoms. The number of fused-ring (bicyclic) bond motifs is 1. The number of pyridine rings is 1. The lowest BCUT2D eigenvalue weighted by molar-refractivity contribution is 0.0998. The molecule has 0 atom stereocenters. The summed E-state index contributed by atoms with van der Waals surface area (Å²) in [5.74, 6) is 3.02. The Labute approximate surface area is 202 Å².